The Kier molecular flexibility index (Phi) is 4.22. The van der Waals surface area contributed by atoms with Crippen molar-refractivity contribution in [2.45, 2.75) is 44.4 Å². The summed E-state index contributed by atoms with van der Waals surface area (Å²) in [5.41, 5.74) is 0.561. The molecule has 3 heterocycles. The quantitative estimate of drug-likeness (QED) is 0.616. The normalized spacial score (nSPS) is 33.3. The summed E-state index contributed by atoms with van der Waals surface area (Å²) >= 11 is 0. The molecule has 0 aliphatic carbocycles. The van der Waals surface area contributed by atoms with Gasteiger partial charge < -0.3 is 0 Å². The standard InChI is InChI=1S/C12H17B6N/c1-2-9-15-12-16-10(13)8(11(14)18(12)17-9)6-7-4-3-5-19-7/h7-9,19H,2-6H2,1H3/t7?,8-,9?/m0/s1. The number of hydrogen-bond acceptors (Lipinski definition) is 1. The van der Waals surface area contributed by atoms with Gasteiger partial charge in [0.2, 0.25) is 0 Å². The van der Waals surface area contributed by atoms with Gasteiger partial charge in [-0.15, -0.1) is 0 Å². The zero-order chi connectivity index (χ0) is 13.4. The molecule has 7 heteroatoms. The van der Waals surface area contributed by atoms with Crippen molar-refractivity contribution in [2.24, 2.45) is 5.92 Å². The van der Waals surface area contributed by atoms with Gasteiger partial charge in [-0.1, -0.05) is 0 Å². The molecule has 0 spiro atoms. The molecule has 2 saturated heterocycles. The van der Waals surface area contributed by atoms with E-state index in [1.165, 1.54) is 18.1 Å². The molecule has 0 aromatic carbocycles. The van der Waals surface area contributed by atoms with Gasteiger partial charge in [-0.05, 0) is 0 Å². The predicted octanol–water partition coefficient (Wildman–Crippen LogP) is -1.12. The second-order valence-electron chi connectivity index (χ2n) is 6.13. The van der Waals surface area contributed by atoms with Crippen molar-refractivity contribution >= 4 is 58.9 Å². The minimum atomic E-state index is 0.254. The first-order valence-corrected chi connectivity index (χ1v) is 7.58. The van der Waals surface area contributed by atoms with Crippen LogP contribution in [0.2, 0.25) is 5.72 Å². The van der Waals surface area contributed by atoms with Crippen LogP contribution in [0.4, 0.5) is 0 Å². The summed E-state index contributed by atoms with van der Waals surface area (Å²) in [6.45, 7) is 5.87. The molecule has 0 aromatic heterocycles. The molecule has 4 radical (unpaired) electrons. The van der Waals surface area contributed by atoms with Gasteiger partial charge in [0, 0.05) is 0 Å². The van der Waals surface area contributed by atoms with Crippen LogP contribution in [0, 0.1) is 5.92 Å². The third kappa shape index (κ3) is 2.73. The van der Waals surface area contributed by atoms with Crippen LogP contribution >= 0.6 is 0 Å². The van der Waals surface area contributed by atoms with Crippen molar-refractivity contribution in [3.63, 3.8) is 0 Å². The summed E-state index contributed by atoms with van der Waals surface area (Å²) in [7, 11) is 17.4. The van der Waals surface area contributed by atoms with E-state index in [-0.39, 0.29) is 5.92 Å². The van der Waals surface area contributed by atoms with Gasteiger partial charge >= 0.3 is 121 Å². The van der Waals surface area contributed by atoms with Crippen LogP contribution in [0.1, 0.15) is 32.6 Å². The molecular formula is C12H17B6N. The second kappa shape index (κ2) is 5.76. The molecule has 2 unspecified atom stereocenters. The molecule has 0 bridgehead atoms. The first kappa shape index (κ1) is 13.9. The van der Waals surface area contributed by atoms with E-state index in [1.807, 2.05) is 0 Å². The maximum atomic E-state index is 6.45. The van der Waals surface area contributed by atoms with Crippen molar-refractivity contribution in [3.8, 4) is 0 Å². The molecule has 0 saturated carbocycles. The zero-order valence-corrected chi connectivity index (χ0v) is 11.7. The van der Waals surface area contributed by atoms with E-state index in [0.717, 1.165) is 30.1 Å². The van der Waals surface area contributed by atoms with Crippen molar-refractivity contribution in [1.82, 2.24) is 5.32 Å². The third-order valence-electron chi connectivity index (χ3n) is 4.86. The van der Waals surface area contributed by atoms with Crippen molar-refractivity contribution in [1.29, 1.82) is 0 Å². The molecule has 2 fully saturated rings. The van der Waals surface area contributed by atoms with Crippen LogP contribution in [0.15, 0.2) is 0 Å². The zero-order valence-electron chi connectivity index (χ0n) is 11.7. The van der Waals surface area contributed by atoms with Crippen molar-refractivity contribution < 1.29 is 0 Å². The molecule has 3 atom stereocenters. The molecule has 0 aromatic rings. The Hall–Kier alpha value is -0.0404. The molecule has 88 valence electrons. The van der Waals surface area contributed by atoms with Gasteiger partial charge in [-0.25, -0.2) is 0 Å². The monoisotopic (exact) mass is 241 g/mol. The summed E-state index contributed by atoms with van der Waals surface area (Å²) in [6.07, 6.45) is 4.74. The van der Waals surface area contributed by atoms with E-state index in [2.05, 4.69) is 33.6 Å². The Bertz CT molecular complexity index is 428. The van der Waals surface area contributed by atoms with Crippen molar-refractivity contribution in [2.75, 3.05) is 6.54 Å². The van der Waals surface area contributed by atoms with Crippen LogP contribution in [-0.4, -0.2) is 71.5 Å². The topological polar surface area (TPSA) is 12.0 Å². The van der Waals surface area contributed by atoms with Gasteiger partial charge in [0.1, 0.15) is 0 Å². The van der Waals surface area contributed by atoms with Crippen LogP contribution in [-0.2, 0) is 0 Å². The molecular weight excluding hydrogens is 223 g/mol. The summed E-state index contributed by atoms with van der Waals surface area (Å²) in [5, 5.41) is 6.89. The molecule has 3 rings (SSSR count). The van der Waals surface area contributed by atoms with Crippen LogP contribution in [0.25, 0.3) is 0 Å². The van der Waals surface area contributed by atoms with E-state index in [4.69, 9.17) is 15.0 Å². The molecule has 19 heavy (non-hydrogen) atoms. The Labute approximate surface area is 121 Å². The molecule has 3 aliphatic rings. The fourth-order valence-electron chi connectivity index (χ4n) is 3.68. The maximum absolute atomic E-state index is 6.45. The summed E-state index contributed by atoms with van der Waals surface area (Å²) in [6, 6.07) is 0.587. The van der Waals surface area contributed by atoms with Gasteiger partial charge in [-0.2, -0.15) is 0 Å². The minimum absolute atomic E-state index is 0.254. The predicted molar refractivity (Wildman–Crippen MR) is 92.7 cm³/mol. The Morgan fingerprint density at radius 2 is 2.26 bits per heavy atom. The fourth-order valence-corrected chi connectivity index (χ4v) is 3.68. The van der Waals surface area contributed by atoms with E-state index in [0.29, 0.717) is 18.4 Å². The average Bonchev–Trinajstić information content (AvgIpc) is 3.03. The first-order chi connectivity index (χ1) is 9.19. The average molecular weight is 240 g/mol. The van der Waals surface area contributed by atoms with Gasteiger partial charge in [0.05, 0.1) is 0 Å². The summed E-state index contributed by atoms with van der Waals surface area (Å²) in [5.74, 6) is 0.254. The Morgan fingerprint density at radius 1 is 1.42 bits per heavy atom. The molecule has 1 N–H and O–H groups in total. The van der Waals surface area contributed by atoms with E-state index in [1.54, 1.807) is 0 Å². The Balaban J connectivity index is 1.74. The molecule has 3 aliphatic heterocycles. The number of fused-ring (bicyclic) bond motifs is 1. The van der Waals surface area contributed by atoms with E-state index < -0.39 is 0 Å². The van der Waals surface area contributed by atoms with Gasteiger partial charge in [0.15, 0.2) is 0 Å². The molecule has 0 amide bonds. The Morgan fingerprint density at radius 3 is 2.95 bits per heavy atom. The van der Waals surface area contributed by atoms with Gasteiger partial charge in [-0.3, -0.25) is 0 Å². The number of rotatable bonds is 3. The van der Waals surface area contributed by atoms with Crippen LogP contribution in [0.5, 0.6) is 0 Å². The number of nitrogens with one attached hydrogen (secondary N) is 1. The summed E-state index contributed by atoms with van der Waals surface area (Å²) in [4.78, 5) is 0. The first-order valence-electron chi connectivity index (χ1n) is 7.58. The summed E-state index contributed by atoms with van der Waals surface area (Å²) < 4.78 is 0. The molecule has 1 nitrogen and oxygen atoms in total. The third-order valence-corrected chi connectivity index (χ3v) is 4.86. The van der Waals surface area contributed by atoms with E-state index >= 15 is 0 Å². The van der Waals surface area contributed by atoms with Crippen molar-refractivity contribution in [3.05, 3.63) is 0 Å². The van der Waals surface area contributed by atoms with Crippen LogP contribution < -0.4 is 5.32 Å². The number of hydrogen-bond donors (Lipinski definition) is 1. The SMILES string of the molecule is [B]=C1B=C2[B]C(CC)[B]B2C(=[B])[C@H]1CC1CCCN1. The van der Waals surface area contributed by atoms with Crippen LogP contribution in [0.3, 0.4) is 0 Å². The van der Waals surface area contributed by atoms with Gasteiger partial charge in [0.25, 0.3) is 0 Å². The second-order valence-corrected chi connectivity index (χ2v) is 6.13. The fraction of sp³-hybridized carbons (Fsp3) is 0.750. The van der Waals surface area contributed by atoms with E-state index in [9.17, 15) is 0 Å².